The number of nitrogens with one attached hydrogen (secondary N) is 1. The SMILES string of the molecule is COc1ccc(C(=O)Nc2cccc(C(=O)c3ccc(C)c(C)c3)c2)cc1. The zero-order valence-corrected chi connectivity index (χ0v) is 15.6. The van der Waals surface area contributed by atoms with E-state index >= 15 is 0 Å². The number of aryl methyl sites for hydroxylation is 2. The van der Waals surface area contributed by atoms with Crippen LogP contribution in [-0.4, -0.2) is 18.8 Å². The maximum absolute atomic E-state index is 12.8. The van der Waals surface area contributed by atoms with Crippen LogP contribution in [0.3, 0.4) is 0 Å². The first-order chi connectivity index (χ1) is 13.0. The molecular formula is C23H21NO3. The monoisotopic (exact) mass is 359 g/mol. The molecule has 0 aliphatic heterocycles. The summed E-state index contributed by atoms with van der Waals surface area (Å²) in [5, 5.41) is 2.83. The molecule has 1 N–H and O–H groups in total. The van der Waals surface area contributed by atoms with E-state index in [4.69, 9.17) is 4.74 Å². The molecule has 4 heteroatoms. The Balaban J connectivity index is 1.79. The molecule has 3 aromatic rings. The van der Waals surface area contributed by atoms with Crippen molar-refractivity contribution in [1.82, 2.24) is 0 Å². The number of ketones is 1. The molecule has 1 amide bonds. The lowest BCUT2D eigenvalue weighted by molar-refractivity contribution is 0.102. The molecule has 0 aliphatic carbocycles. The van der Waals surface area contributed by atoms with Crippen molar-refractivity contribution in [3.63, 3.8) is 0 Å². The number of methoxy groups -OCH3 is 1. The molecule has 3 aromatic carbocycles. The predicted octanol–water partition coefficient (Wildman–Crippen LogP) is 4.80. The minimum absolute atomic E-state index is 0.0707. The molecule has 27 heavy (non-hydrogen) atoms. The number of anilines is 1. The predicted molar refractivity (Wildman–Crippen MR) is 107 cm³/mol. The summed E-state index contributed by atoms with van der Waals surface area (Å²) in [4.78, 5) is 25.2. The van der Waals surface area contributed by atoms with Crippen molar-refractivity contribution in [3.05, 3.63) is 94.5 Å². The number of amides is 1. The number of carbonyl (C=O) groups excluding carboxylic acids is 2. The van der Waals surface area contributed by atoms with Gasteiger partial charge >= 0.3 is 0 Å². The van der Waals surface area contributed by atoms with Gasteiger partial charge in [0.1, 0.15) is 5.75 Å². The van der Waals surface area contributed by atoms with Crippen LogP contribution in [0.4, 0.5) is 5.69 Å². The zero-order valence-electron chi connectivity index (χ0n) is 15.6. The van der Waals surface area contributed by atoms with Gasteiger partial charge in [-0.2, -0.15) is 0 Å². The van der Waals surface area contributed by atoms with Gasteiger partial charge in [0.25, 0.3) is 5.91 Å². The normalized spacial score (nSPS) is 10.3. The van der Waals surface area contributed by atoms with Crippen molar-refractivity contribution in [2.24, 2.45) is 0 Å². The van der Waals surface area contributed by atoms with Crippen molar-refractivity contribution in [2.75, 3.05) is 12.4 Å². The molecule has 4 nitrogen and oxygen atoms in total. The number of benzene rings is 3. The van der Waals surface area contributed by atoms with E-state index in [-0.39, 0.29) is 11.7 Å². The molecule has 3 rings (SSSR count). The summed E-state index contributed by atoms with van der Waals surface area (Å²) in [7, 11) is 1.58. The highest BCUT2D eigenvalue weighted by Crippen LogP contribution is 2.18. The van der Waals surface area contributed by atoms with E-state index in [9.17, 15) is 9.59 Å². The van der Waals surface area contributed by atoms with Gasteiger partial charge in [-0.15, -0.1) is 0 Å². The van der Waals surface area contributed by atoms with Crippen LogP contribution in [0.15, 0.2) is 66.7 Å². The third-order valence-corrected chi connectivity index (χ3v) is 4.50. The van der Waals surface area contributed by atoms with Crippen LogP contribution in [0.5, 0.6) is 5.75 Å². The molecule has 0 bridgehead atoms. The summed E-state index contributed by atoms with van der Waals surface area (Å²) in [5.74, 6) is 0.375. The van der Waals surface area contributed by atoms with Crippen molar-refractivity contribution < 1.29 is 14.3 Å². The third kappa shape index (κ3) is 4.23. The summed E-state index contributed by atoms with van der Waals surface area (Å²) in [6.07, 6.45) is 0. The summed E-state index contributed by atoms with van der Waals surface area (Å²) < 4.78 is 5.10. The minimum Gasteiger partial charge on any atom is -0.497 e. The molecule has 0 radical (unpaired) electrons. The van der Waals surface area contributed by atoms with Crippen molar-refractivity contribution in [1.29, 1.82) is 0 Å². The second kappa shape index (κ2) is 7.87. The van der Waals surface area contributed by atoms with Gasteiger partial charge in [-0.05, 0) is 67.4 Å². The topological polar surface area (TPSA) is 55.4 Å². The number of hydrogen-bond acceptors (Lipinski definition) is 3. The smallest absolute Gasteiger partial charge is 0.255 e. The summed E-state index contributed by atoms with van der Waals surface area (Å²) >= 11 is 0. The van der Waals surface area contributed by atoms with Crippen LogP contribution in [0, 0.1) is 13.8 Å². The first kappa shape index (κ1) is 18.4. The average Bonchev–Trinajstić information content (AvgIpc) is 2.69. The molecule has 0 heterocycles. The highest BCUT2D eigenvalue weighted by Gasteiger charge is 2.12. The molecule has 0 fully saturated rings. The first-order valence-corrected chi connectivity index (χ1v) is 8.65. The molecule has 0 saturated carbocycles. The molecule has 0 aromatic heterocycles. The number of carbonyl (C=O) groups is 2. The van der Waals surface area contributed by atoms with E-state index in [0.717, 1.165) is 11.1 Å². The van der Waals surface area contributed by atoms with Crippen LogP contribution >= 0.6 is 0 Å². The number of ether oxygens (including phenoxy) is 1. The summed E-state index contributed by atoms with van der Waals surface area (Å²) in [5.41, 5.74) is 4.48. The third-order valence-electron chi connectivity index (χ3n) is 4.50. The lowest BCUT2D eigenvalue weighted by Crippen LogP contribution is -2.12. The summed E-state index contributed by atoms with van der Waals surface area (Å²) in [6.45, 7) is 4.00. The molecule has 136 valence electrons. The van der Waals surface area contributed by atoms with E-state index in [1.54, 1.807) is 55.6 Å². The Morgan fingerprint density at radius 3 is 2.11 bits per heavy atom. The fourth-order valence-electron chi connectivity index (χ4n) is 2.73. The van der Waals surface area contributed by atoms with Crippen molar-refractivity contribution in [2.45, 2.75) is 13.8 Å². The Kier molecular flexibility index (Phi) is 5.36. The Morgan fingerprint density at radius 2 is 1.44 bits per heavy atom. The lowest BCUT2D eigenvalue weighted by Gasteiger charge is -2.09. The Morgan fingerprint density at radius 1 is 0.778 bits per heavy atom. The molecule has 0 aliphatic rings. The molecular weight excluding hydrogens is 338 g/mol. The van der Waals surface area contributed by atoms with Crippen molar-refractivity contribution in [3.8, 4) is 5.75 Å². The van der Waals surface area contributed by atoms with Gasteiger partial charge in [-0.25, -0.2) is 0 Å². The van der Waals surface area contributed by atoms with Crippen LogP contribution in [-0.2, 0) is 0 Å². The average molecular weight is 359 g/mol. The fourth-order valence-corrected chi connectivity index (χ4v) is 2.73. The molecule has 0 atom stereocenters. The molecule has 0 saturated heterocycles. The Bertz CT molecular complexity index is 991. The summed E-state index contributed by atoms with van der Waals surface area (Å²) in [6, 6.07) is 19.5. The van der Waals surface area contributed by atoms with E-state index in [1.165, 1.54) is 0 Å². The second-order valence-electron chi connectivity index (χ2n) is 6.39. The first-order valence-electron chi connectivity index (χ1n) is 8.65. The maximum Gasteiger partial charge on any atom is 0.255 e. The van der Waals surface area contributed by atoms with Gasteiger partial charge in [-0.3, -0.25) is 9.59 Å². The van der Waals surface area contributed by atoms with Gasteiger partial charge in [0.15, 0.2) is 5.78 Å². The van der Waals surface area contributed by atoms with Gasteiger partial charge < -0.3 is 10.1 Å². The van der Waals surface area contributed by atoms with Gasteiger partial charge in [-0.1, -0.05) is 24.3 Å². The zero-order chi connectivity index (χ0) is 19.4. The Hall–Kier alpha value is -3.40. The minimum atomic E-state index is -0.242. The van der Waals surface area contributed by atoms with Gasteiger partial charge in [0.2, 0.25) is 0 Å². The highest BCUT2D eigenvalue weighted by atomic mass is 16.5. The van der Waals surface area contributed by atoms with Crippen LogP contribution in [0.1, 0.15) is 37.4 Å². The van der Waals surface area contributed by atoms with Crippen LogP contribution < -0.4 is 10.1 Å². The van der Waals surface area contributed by atoms with Crippen LogP contribution in [0.25, 0.3) is 0 Å². The largest absolute Gasteiger partial charge is 0.497 e. The van der Waals surface area contributed by atoms with Crippen molar-refractivity contribution >= 4 is 17.4 Å². The van der Waals surface area contributed by atoms with E-state index < -0.39 is 0 Å². The highest BCUT2D eigenvalue weighted by molar-refractivity contribution is 6.10. The van der Waals surface area contributed by atoms with E-state index in [0.29, 0.717) is 28.1 Å². The Labute approximate surface area is 158 Å². The number of rotatable bonds is 5. The second-order valence-corrected chi connectivity index (χ2v) is 6.39. The standard InChI is InChI=1S/C23H21NO3/c1-15-7-8-19(13-16(15)2)22(25)18-5-4-6-20(14-18)24-23(26)17-9-11-21(27-3)12-10-17/h4-14H,1-3H3,(H,24,26). The number of hydrogen-bond donors (Lipinski definition) is 1. The maximum atomic E-state index is 12.8. The van der Waals surface area contributed by atoms with Crippen LogP contribution in [0.2, 0.25) is 0 Å². The lowest BCUT2D eigenvalue weighted by atomic mass is 9.99. The molecule has 0 unspecified atom stereocenters. The molecule has 0 spiro atoms. The fraction of sp³-hybridized carbons (Fsp3) is 0.130. The van der Waals surface area contributed by atoms with E-state index in [2.05, 4.69) is 5.32 Å². The quantitative estimate of drug-likeness (QED) is 0.666. The van der Waals surface area contributed by atoms with Gasteiger partial charge in [0.05, 0.1) is 7.11 Å². The van der Waals surface area contributed by atoms with Gasteiger partial charge in [0, 0.05) is 22.4 Å². The van der Waals surface area contributed by atoms with E-state index in [1.807, 2.05) is 32.0 Å².